The average Bonchev–Trinajstić information content (AvgIpc) is 3.10. The lowest BCUT2D eigenvalue weighted by molar-refractivity contribution is 0.00578. The molecule has 0 spiro atoms. The van der Waals surface area contributed by atoms with Crippen LogP contribution in [0.15, 0.2) is 30.1 Å². The highest BCUT2D eigenvalue weighted by Crippen LogP contribution is 2.39. The van der Waals surface area contributed by atoms with Gasteiger partial charge in [0.25, 0.3) is 0 Å². The summed E-state index contributed by atoms with van der Waals surface area (Å²) in [5.74, 6) is -0.401. The largest absolute Gasteiger partial charge is 0.525 e. The second kappa shape index (κ2) is 6.48. The summed E-state index contributed by atoms with van der Waals surface area (Å²) in [5.41, 5.74) is -1.06. The van der Waals surface area contributed by atoms with E-state index in [1.807, 2.05) is 27.7 Å². The topological polar surface area (TPSA) is 58.4 Å². The molecule has 9 heteroatoms. The Bertz CT molecular complexity index is 836. The molecule has 1 aliphatic rings. The van der Waals surface area contributed by atoms with Crippen LogP contribution in [-0.4, -0.2) is 40.4 Å². The zero-order chi connectivity index (χ0) is 19.1. The Morgan fingerprint density at radius 2 is 1.88 bits per heavy atom. The zero-order valence-corrected chi connectivity index (χ0v) is 15.3. The van der Waals surface area contributed by atoms with Crippen LogP contribution >= 0.6 is 0 Å². The molecule has 0 bridgehead atoms. The maximum atomic E-state index is 14.5. The van der Waals surface area contributed by atoms with E-state index >= 15 is 0 Å². The molecule has 138 valence electrons. The van der Waals surface area contributed by atoms with E-state index in [0.29, 0.717) is 5.69 Å². The number of methoxy groups -OCH3 is 1. The van der Waals surface area contributed by atoms with E-state index in [-0.39, 0.29) is 11.4 Å². The first-order valence-electron chi connectivity index (χ1n) is 8.12. The highest BCUT2D eigenvalue weighted by Gasteiger charge is 2.53. The Labute approximate surface area is 150 Å². The molecule has 0 amide bonds. The minimum atomic E-state index is -1.10. The Kier molecular flexibility index (Phi) is 4.62. The van der Waals surface area contributed by atoms with Gasteiger partial charge in [0.2, 0.25) is 0 Å². The van der Waals surface area contributed by atoms with Crippen molar-refractivity contribution in [2.75, 3.05) is 7.11 Å². The van der Waals surface area contributed by atoms with Crippen LogP contribution in [0.3, 0.4) is 0 Å². The maximum absolute atomic E-state index is 14.5. The van der Waals surface area contributed by atoms with Crippen LogP contribution in [0.5, 0.6) is 5.75 Å². The minimum Gasteiger partial charge on any atom is -0.494 e. The molecule has 2 aromatic rings. The SMILES string of the molecule is COc1cc(-n2cc(C=C(F)B3OC(C)(C)C(C)(C)O3)nn2)ccc1F. The van der Waals surface area contributed by atoms with Gasteiger partial charge in [-0.1, -0.05) is 5.21 Å². The lowest BCUT2D eigenvalue weighted by Gasteiger charge is -2.32. The van der Waals surface area contributed by atoms with Gasteiger partial charge < -0.3 is 14.0 Å². The minimum absolute atomic E-state index is 0.0819. The molecule has 6 nitrogen and oxygen atoms in total. The van der Waals surface area contributed by atoms with E-state index in [1.54, 1.807) is 0 Å². The Morgan fingerprint density at radius 3 is 2.50 bits per heavy atom. The molecule has 0 radical (unpaired) electrons. The van der Waals surface area contributed by atoms with Crippen molar-refractivity contribution < 1.29 is 22.8 Å². The summed E-state index contributed by atoms with van der Waals surface area (Å²) in [5, 5.41) is 7.83. The molecule has 2 heterocycles. The quantitative estimate of drug-likeness (QED) is 0.780. The van der Waals surface area contributed by atoms with Crippen LogP contribution < -0.4 is 4.74 Å². The lowest BCUT2D eigenvalue weighted by atomic mass is 9.87. The van der Waals surface area contributed by atoms with Crippen LogP contribution in [-0.2, 0) is 9.31 Å². The van der Waals surface area contributed by atoms with Crippen molar-refractivity contribution >= 4 is 13.2 Å². The first kappa shape index (κ1) is 18.5. The molecule has 1 saturated heterocycles. The van der Waals surface area contributed by atoms with Gasteiger partial charge in [0.15, 0.2) is 11.6 Å². The van der Waals surface area contributed by atoms with Crippen molar-refractivity contribution in [3.05, 3.63) is 41.6 Å². The number of aromatic nitrogens is 3. The van der Waals surface area contributed by atoms with Gasteiger partial charge in [-0.2, -0.15) is 0 Å². The van der Waals surface area contributed by atoms with E-state index in [0.717, 1.165) is 0 Å². The van der Waals surface area contributed by atoms with E-state index in [1.165, 1.54) is 42.3 Å². The third-order valence-corrected chi connectivity index (χ3v) is 4.67. The number of nitrogens with zero attached hydrogens (tertiary/aromatic N) is 3. The van der Waals surface area contributed by atoms with Crippen LogP contribution in [0.25, 0.3) is 11.8 Å². The molecule has 1 aliphatic heterocycles. The first-order chi connectivity index (χ1) is 12.1. The third kappa shape index (κ3) is 3.36. The predicted octanol–water partition coefficient (Wildman–Crippen LogP) is 3.36. The maximum Gasteiger partial charge on any atom is 0.525 e. The molecule has 0 aliphatic carbocycles. The van der Waals surface area contributed by atoms with Crippen molar-refractivity contribution in [2.24, 2.45) is 0 Å². The lowest BCUT2D eigenvalue weighted by Crippen LogP contribution is -2.41. The van der Waals surface area contributed by atoms with Gasteiger partial charge in [-0.15, -0.1) is 5.10 Å². The summed E-state index contributed by atoms with van der Waals surface area (Å²) >= 11 is 0. The number of halogens is 2. The summed E-state index contributed by atoms with van der Waals surface area (Å²) in [6.45, 7) is 7.38. The van der Waals surface area contributed by atoms with Crippen LogP contribution in [0.1, 0.15) is 33.4 Å². The smallest absolute Gasteiger partial charge is 0.494 e. The molecule has 0 atom stereocenters. The number of hydrogen-bond donors (Lipinski definition) is 0. The molecule has 26 heavy (non-hydrogen) atoms. The van der Waals surface area contributed by atoms with Gasteiger partial charge in [-0.25, -0.2) is 13.5 Å². The number of ether oxygens (including phenoxy) is 1. The number of benzene rings is 1. The Balaban J connectivity index is 1.81. The summed E-state index contributed by atoms with van der Waals surface area (Å²) in [4.78, 5) is 0. The van der Waals surface area contributed by atoms with E-state index < -0.39 is 29.9 Å². The molecule has 0 saturated carbocycles. The molecular formula is C17H20BF2N3O3. The van der Waals surface area contributed by atoms with Crippen molar-refractivity contribution in [1.82, 2.24) is 15.0 Å². The Hall–Kier alpha value is -2.26. The number of hydrogen-bond acceptors (Lipinski definition) is 5. The highest BCUT2D eigenvalue weighted by atomic mass is 19.1. The monoisotopic (exact) mass is 363 g/mol. The summed E-state index contributed by atoms with van der Waals surface area (Å²) in [6, 6.07) is 4.25. The fourth-order valence-corrected chi connectivity index (χ4v) is 2.42. The van der Waals surface area contributed by atoms with Crippen molar-refractivity contribution in [3.63, 3.8) is 0 Å². The summed E-state index contributed by atoms with van der Waals surface area (Å²) in [7, 11) is 0.272. The van der Waals surface area contributed by atoms with Gasteiger partial charge in [-0.05, 0) is 45.9 Å². The third-order valence-electron chi connectivity index (χ3n) is 4.67. The average molecular weight is 363 g/mol. The van der Waals surface area contributed by atoms with Gasteiger partial charge in [0.05, 0.1) is 30.2 Å². The molecule has 1 aromatic carbocycles. The van der Waals surface area contributed by atoms with Crippen molar-refractivity contribution in [1.29, 1.82) is 0 Å². The molecular weight excluding hydrogens is 343 g/mol. The van der Waals surface area contributed by atoms with Crippen molar-refractivity contribution in [2.45, 2.75) is 38.9 Å². The first-order valence-corrected chi connectivity index (χ1v) is 8.12. The van der Waals surface area contributed by atoms with E-state index in [4.69, 9.17) is 14.0 Å². The predicted molar refractivity (Wildman–Crippen MR) is 93.0 cm³/mol. The Morgan fingerprint density at radius 1 is 1.23 bits per heavy atom. The standard InChI is InChI=1S/C17H20BF2N3O3/c1-16(2)17(3,4)26-18(25-16)15(20)8-11-10-23(22-21-11)12-6-7-13(19)14(9-12)24-5/h6-10H,1-5H3. The van der Waals surface area contributed by atoms with Gasteiger partial charge in [0.1, 0.15) is 11.4 Å². The molecule has 1 aromatic heterocycles. The highest BCUT2D eigenvalue weighted by molar-refractivity contribution is 6.54. The molecule has 0 unspecified atom stereocenters. The van der Waals surface area contributed by atoms with Crippen molar-refractivity contribution in [3.8, 4) is 11.4 Å². The molecule has 3 rings (SSSR count). The number of rotatable bonds is 4. The second-order valence-electron chi connectivity index (χ2n) is 7.02. The van der Waals surface area contributed by atoms with Crippen LogP contribution in [0, 0.1) is 5.82 Å². The van der Waals surface area contributed by atoms with Crippen LogP contribution in [0.4, 0.5) is 8.78 Å². The van der Waals surface area contributed by atoms with Gasteiger partial charge >= 0.3 is 7.12 Å². The van der Waals surface area contributed by atoms with E-state index in [2.05, 4.69) is 10.3 Å². The van der Waals surface area contributed by atoms with Gasteiger partial charge in [-0.3, -0.25) is 0 Å². The van der Waals surface area contributed by atoms with Gasteiger partial charge in [0, 0.05) is 6.07 Å². The summed E-state index contributed by atoms with van der Waals surface area (Å²) < 4.78 is 45.7. The normalized spacial score (nSPS) is 19.0. The van der Waals surface area contributed by atoms with E-state index in [9.17, 15) is 8.78 Å². The fraction of sp³-hybridized carbons (Fsp3) is 0.412. The summed E-state index contributed by atoms with van der Waals surface area (Å²) in [6.07, 6.45) is 2.71. The fourth-order valence-electron chi connectivity index (χ4n) is 2.42. The van der Waals surface area contributed by atoms with Crippen LogP contribution in [0.2, 0.25) is 0 Å². The molecule has 1 fully saturated rings. The second-order valence-corrected chi connectivity index (χ2v) is 7.02. The zero-order valence-electron chi connectivity index (χ0n) is 15.3. The molecule has 0 N–H and O–H groups in total.